The molecule has 0 spiro atoms. The molecule has 3 aromatic rings. The Kier molecular flexibility index (Phi) is 6.78. The first kappa shape index (κ1) is 20.0. The van der Waals surface area contributed by atoms with E-state index in [-0.39, 0.29) is 11.7 Å². The van der Waals surface area contributed by atoms with Crippen LogP contribution in [0.2, 0.25) is 5.02 Å². The molecular weight excluding hydrogens is 400 g/mol. The number of H-pyrrole nitrogens is 1. The minimum absolute atomic E-state index is 0.140. The molecule has 0 aliphatic carbocycles. The molecule has 0 fully saturated rings. The first-order valence-electron chi connectivity index (χ1n) is 8.39. The molecule has 0 radical (unpaired) electrons. The molecule has 0 unspecified atom stereocenters. The van der Waals surface area contributed by atoms with Crippen LogP contribution in [0.5, 0.6) is 11.5 Å². The van der Waals surface area contributed by atoms with E-state index in [1.54, 1.807) is 26.4 Å². The maximum Gasteiger partial charge on any atom is 0.230 e. The molecule has 0 aliphatic heterocycles. The van der Waals surface area contributed by atoms with E-state index in [9.17, 15) is 4.79 Å². The van der Waals surface area contributed by atoms with Crippen LogP contribution in [0.25, 0.3) is 11.4 Å². The number of hydrogen-bond acceptors (Lipinski definition) is 6. The normalized spacial score (nSPS) is 10.5. The van der Waals surface area contributed by atoms with Crippen molar-refractivity contribution in [3.05, 3.63) is 53.1 Å². The summed E-state index contributed by atoms with van der Waals surface area (Å²) >= 11 is 7.40. The van der Waals surface area contributed by atoms with Crippen molar-refractivity contribution in [2.24, 2.45) is 0 Å². The molecule has 146 valence electrons. The Morgan fingerprint density at radius 1 is 1.18 bits per heavy atom. The Bertz CT molecular complexity index is 964. The van der Waals surface area contributed by atoms with E-state index >= 15 is 0 Å². The fraction of sp³-hybridized carbons (Fsp3) is 0.211. The number of nitrogens with zero attached hydrogens (tertiary/aromatic N) is 2. The van der Waals surface area contributed by atoms with Gasteiger partial charge in [0.05, 0.1) is 25.0 Å². The van der Waals surface area contributed by atoms with Crippen LogP contribution in [0.15, 0.2) is 47.6 Å². The zero-order chi connectivity index (χ0) is 19.9. The number of carbonyl (C=O) groups is 1. The lowest BCUT2D eigenvalue weighted by molar-refractivity contribution is -0.118. The van der Waals surface area contributed by atoms with Crippen molar-refractivity contribution in [3.8, 4) is 22.9 Å². The highest BCUT2D eigenvalue weighted by Gasteiger charge is 2.13. The van der Waals surface area contributed by atoms with Crippen LogP contribution < -0.4 is 14.8 Å². The molecule has 3 rings (SSSR count). The zero-order valence-electron chi connectivity index (χ0n) is 15.4. The smallest absolute Gasteiger partial charge is 0.230 e. The summed E-state index contributed by atoms with van der Waals surface area (Å²) in [5.41, 5.74) is 1.59. The Hall–Kier alpha value is -2.71. The lowest BCUT2D eigenvalue weighted by Gasteiger charge is -2.12. The number of halogens is 1. The molecule has 0 saturated heterocycles. The summed E-state index contributed by atoms with van der Waals surface area (Å²) in [6, 6.07) is 12.9. The second-order valence-electron chi connectivity index (χ2n) is 5.66. The standard InChI is InChI=1S/C19H19ClN4O3S/c1-26-15-9-5-6-12(17(15)27-2)10-21-16(25)11-28-19-22-18(23-24-19)13-7-3-4-8-14(13)20/h3-9H,10-11H2,1-2H3,(H,21,25)(H,22,23,24). The first-order chi connectivity index (χ1) is 13.6. The molecule has 2 aromatic carbocycles. The highest BCUT2D eigenvalue weighted by Crippen LogP contribution is 2.30. The summed E-state index contributed by atoms with van der Waals surface area (Å²) < 4.78 is 10.6. The van der Waals surface area contributed by atoms with Gasteiger partial charge in [-0.2, -0.15) is 0 Å². The van der Waals surface area contributed by atoms with Gasteiger partial charge in [-0.05, 0) is 18.2 Å². The van der Waals surface area contributed by atoms with E-state index in [2.05, 4.69) is 20.5 Å². The molecule has 7 nitrogen and oxygen atoms in total. The van der Waals surface area contributed by atoms with Gasteiger partial charge in [0.2, 0.25) is 11.1 Å². The van der Waals surface area contributed by atoms with Crippen molar-refractivity contribution in [2.75, 3.05) is 20.0 Å². The number of rotatable bonds is 8. The monoisotopic (exact) mass is 418 g/mol. The fourth-order valence-corrected chi connectivity index (χ4v) is 3.41. The highest BCUT2D eigenvalue weighted by atomic mass is 35.5. The number of aromatic amines is 1. The minimum Gasteiger partial charge on any atom is -0.493 e. The molecule has 0 aliphatic rings. The van der Waals surface area contributed by atoms with E-state index < -0.39 is 0 Å². The average molecular weight is 419 g/mol. The largest absolute Gasteiger partial charge is 0.493 e. The maximum atomic E-state index is 12.2. The van der Waals surface area contributed by atoms with Crippen LogP contribution in [-0.2, 0) is 11.3 Å². The number of para-hydroxylation sites is 1. The highest BCUT2D eigenvalue weighted by molar-refractivity contribution is 7.99. The van der Waals surface area contributed by atoms with Crippen LogP contribution in [0.1, 0.15) is 5.56 Å². The molecule has 0 bridgehead atoms. The van der Waals surface area contributed by atoms with Crippen LogP contribution in [0.3, 0.4) is 0 Å². The van der Waals surface area contributed by atoms with Gasteiger partial charge in [-0.1, -0.05) is 47.6 Å². The number of amides is 1. The predicted octanol–water partition coefficient (Wildman–Crippen LogP) is 3.55. The SMILES string of the molecule is COc1cccc(CNC(=O)CSc2n[nH]c(-c3ccccc3Cl)n2)c1OC. The van der Waals surface area contributed by atoms with E-state index in [1.807, 2.05) is 30.3 Å². The molecule has 1 heterocycles. The van der Waals surface area contributed by atoms with Gasteiger partial charge in [0.1, 0.15) is 0 Å². The van der Waals surface area contributed by atoms with Gasteiger partial charge in [-0.25, -0.2) is 4.98 Å². The number of hydrogen-bond donors (Lipinski definition) is 2. The Morgan fingerprint density at radius 2 is 2.00 bits per heavy atom. The molecule has 28 heavy (non-hydrogen) atoms. The van der Waals surface area contributed by atoms with Crippen molar-refractivity contribution in [3.63, 3.8) is 0 Å². The molecule has 1 amide bonds. The van der Waals surface area contributed by atoms with Crippen LogP contribution >= 0.6 is 23.4 Å². The summed E-state index contributed by atoms with van der Waals surface area (Å²) in [4.78, 5) is 16.6. The number of benzene rings is 2. The summed E-state index contributed by atoms with van der Waals surface area (Å²) in [5.74, 6) is 1.84. The zero-order valence-corrected chi connectivity index (χ0v) is 16.9. The third-order valence-corrected chi connectivity index (χ3v) is 5.06. The van der Waals surface area contributed by atoms with Crippen LogP contribution in [0.4, 0.5) is 0 Å². The van der Waals surface area contributed by atoms with E-state index in [1.165, 1.54) is 11.8 Å². The second kappa shape index (κ2) is 9.48. The van der Waals surface area contributed by atoms with Crippen molar-refractivity contribution in [1.29, 1.82) is 0 Å². The van der Waals surface area contributed by atoms with E-state index in [4.69, 9.17) is 21.1 Å². The molecule has 9 heteroatoms. The van der Waals surface area contributed by atoms with Crippen molar-refractivity contribution in [1.82, 2.24) is 20.5 Å². The van der Waals surface area contributed by atoms with Crippen molar-refractivity contribution >= 4 is 29.3 Å². The van der Waals surface area contributed by atoms with Crippen molar-refractivity contribution in [2.45, 2.75) is 11.7 Å². The van der Waals surface area contributed by atoms with E-state index in [0.717, 1.165) is 11.1 Å². The Morgan fingerprint density at radius 3 is 2.75 bits per heavy atom. The van der Waals surface area contributed by atoms with Crippen LogP contribution in [0, 0.1) is 0 Å². The Balaban J connectivity index is 1.55. The lowest BCUT2D eigenvalue weighted by Crippen LogP contribution is -2.24. The number of thioether (sulfide) groups is 1. The van der Waals surface area contributed by atoms with Gasteiger partial charge < -0.3 is 14.8 Å². The second-order valence-corrected chi connectivity index (χ2v) is 7.01. The summed E-state index contributed by atoms with van der Waals surface area (Å²) in [5, 5.41) is 10.9. The summed E-state index contributed by atoms with van der Waals surface area (Å²) in [6.45, 7) is 0.332. The third-order valence-electron chi connectivity index (χ3n) is 3.89. The predicted molar refractivity (Wildman–Crippen MR) is 109 cm³/mol. The number of methoxy groups -OCH3 is 2. The summed E-state index contributed by atoms with van der Waals surface area (Å²) in [7, 11) is 3.14. The molecule has 1 aromatic heterocycles. The molecule has 0 atom stereocenters. The van der Waals surface area contributed by atoms with E-state index in [0.29, 0.717) is 34.0 Å². The topological polar surface area (TPSA) is 89.1 Å². The van der Waals surface area contributed by atoms with Gasteiger partial charge in [0.15, 0.2) is 17.3 Å². The molecule has 2 N–H and O–H groups in total. The quantitative estimate of drug-likeness (QED) is 0.544. The average Bonchev–Trinajstić information content (AvgIpc) is 3.19. The van der Waals surface area contributed by atoms with Gasteiger partial charge in [-0.3, -0.25) is 9.89 Å². The van der Waals surface area contributed by atoms with Crippen molar-refractivity contribution < 1.29 is 14.3 Å². The number of aromatic nitrogens is 3. The lowest BCUT2D eigenvalue weighted by atomic mass is 10.2. The Labute approximate surface area is 171 Å². The van der Waals surface area contributed by atoms with Gasteiger partial charge in [0, 0.05) is 17.7 Å². The minimum atomic E-state index is -0.140. The first-order valence-corrected chi connectivity index (χ1v) is 9.75. The summed E-state index contributed by atoms with van der Waals surface area (Å²) in [6.07, 6.45) is 0. The number of carbonyl (C=O) groups excluding carboxylic acids is 1. The number of nitrogens with one attached hydrogen (secondary N) is 2. The number of ether oxygens (including phenoxy) is 2. The van der Waals surface area contributed by atoms with Crippen LogP contribution in [-0.4, -0.2) is 41.1 Å². The third kappa shape index (κ3) is 4.76. The van der Waals surface area contributed by atoms with Gasteiger partial charge >= 0.3 is 0 Å². The van der Waals surface area contributed by atoms with Gasteiger partial charge in [0.25, 0.3) is 0 Å². The molecule has 0 saturated carbocycles. The maximum absolute atomic E-state index is 12.2. The molecular formula is C19H19ClN4O3S. The van der Waals surface area contributed by atoms with Gasteiger partial charge in [-0.15, -0.1) is 5.10 Å². The fourth-order valence-electron chi connectivity index (χ4n) is 2.55.